The SMILES string of the molecule is COc1c(Cl)ccc(C#N)c1N. The van der Waals surface area contributed by atoms with Crippen molar-refractivity contribution in [2.45, 2.75) is 0 Å². The lowest BCUT2D eigenvalue weighted by Gasteiger charge is -2.06. The standard InChI is InChI=1S/C8H7ClN2O/c1-12-8-6(9)3-2-5(4-10)7(8)11/h2-3H,11H2,1H3. The van der Waals surface area contributed by atoms with Crippen molar-refractivity contribution in [3.8, 4) is 11.8 Å². The second-order valence-electron chi connectivity index (χ2n) is 2.15. The third-order valence-corrected chi connectivity index (χ3v) is 1.77. The van der Waals surface area contributed by atoms with E-state index in [2.05, 4.69) is 0 Å². The van der Waals surface area contributed by atoms with Crippen molar-refractivity contribution in [1.82, 2.24) is 0 Å². The number of hydrogen-bond donors (Lipinski definition) is 1. The van der Waals surface area contributed by atoms with Gasteiger partial charge in [0.15, 0.2) is 5.75 Å². The molecule has 0 amide bonds. The van der Waals surface area contributed by atoms with Crippen molar-refractivity contribution in [2.24, 2.45) is 0 Å². The maximum absolute atomic E-state index is 8.60. The average Bonchev–Trinajstić information content (AvgIpc) is 2.06. The third kappa shape index (κ3) is 1.29. The molecule has 3 nitrogen and oxygen atoms in total. The van der Waals surface area contributed by atoms with Crippen molar-refractivity contribution >= 4 is 17.3 Å². The Morgan fingerprint density at radius 1 is 1.58 bits per heavy atom. The molecule has 0 fully saturated rings. The van der Waals surface area contributed by atoms with Crippen LogP contribution in [0.1, 0.15) is 5.56 Å². The summed E-state index contributed by atoms with van der Waals surface area (Å²) in [4.78, 5) is 0. The number of halogens is 1. The Kier molecular flexibility index (Phi) is 2.41. The number of benzene rings is 1. The van der Waals surface area contributed by atoms with Gasteiger partial charge < -0.3 is 10.5 Å². The molecule has 0 aliphatic carbocycles. The average molecular weight is 183 g/mol. The van der Waals surface area contributed by atoms with Crippen molar-refractivity contribution < 1.29 is 4.74 Å². The van der Waals surface area contributed by atoms with Gasteiger partial charge in [-0.25, -0.2) is 0 Å². The first kappa shape index (κ1) is 8.69. The van der Waals surface area contributed by atoms with Gasteiger partial charge in [-0.2, -0.15) is 5.26 Å². The predicted molar refractivity (Wildman–Crippen MR) is 47.1 cm³/mol. The highest BCUT2D eigenvalue weighted by Gasteiger charge is 2.08. The van der Waals surface area contributed by atoms with E-state index in [0.29, 0.717) is 16.3 Å². The smallest absolute Gasteiger partial charge is 0.161 e. The number of ether oxygens (including phenoxy) is 1. The Bertz CT molecular complexity index is 344. The maximum Gasteiger partial charge on any atom is 0.161 e. The van der Waals surface area contributed by atoms with Crippen molar-refractivity contribution in [1.29, 1.82) is 5.26 Å². The van der Waals surface area contributed by atoms with E-state index in [9.17, 15) is 0 Å². The topological polar surface area (TPSA) is 59.0 Å². The molecule has 0 aliphatic rings. The Labute approximate surface area is 75.3 Å². The van der Waals surface area contributed by atoms with Crippen LogP contribution in [0.15, 0.2) is 12.1 Å². The summed E-state index contributed by atoms with van der Waals surface area (Å²) >= 11 is 5.74. The largest absolute Gasteiger partial charge is 0.493 e. The molecule has 0 aliphatic heterocycles. The summed E-state index contributed by atoms with van der Waals surface area (Å²) in [6.07, 6.45) is 0. The molecule has 0 unspecified atom stereocenters. The fraction of sp³-hybridized carbons (Fsp3) is 0.125. The quantitative estimate of drug-likeness (QED) is 0.674. The molecule has 0 heterocycles. The highest BCUT2D eigenvalue weighted by Crippen LogP contribution is 2.32. The Hall–Kier alpha value is -1.40. The normalized spacial score (nSPS) is 9.08. The van der Waals surface area contributed by atoms with Crippen LogP contribution < -0.4 is 10.5 Å². The molecule has 1 rings (SSSR count). The lowest BCUT2D eigenvalue weighted by atomic mass is 10.2. The highest BCUT2D eigenvalue weighted by molar-refractivity contribution is 6.32. The number of nitrogens with two attached hydrogens (primary N) is 1. The van der Waals surface area contributed by atoms with E-state index < -0.39 is 0 Å². The minimum Gasteiger partial charge on any atom is -0.493 e. The monoisotopic (exact) mass is 182 g/mol. The fourth-order valence-corrected chi connectivity index (χ4v) is 1.12. The van der Waals surface area contributed by atoms with E-state index in [-0.39, 0.29) is 5.69 Å². The number of nitrogens with zero attached hydrogens (tertiary/aromatic N) is 1. The number of nitriles is 1. The third-order valence-electron chi connectivity index (χ3n) is 1.47. The van der Waals surface area contributed by atoms with Gasteiger partial charge in [-0.3, -0.25) is 0 Å². The van der Waals surface area contributed by atoms with Gasteiger partial charge >= 0.3 is 0 Å². The molecule has 4 heteroatoms. The highest BCUT2D eigenvalue weighted by atomic mass is 35.5. The molecule has 12 heavy (non-hydrogen) atoms. The Morgan fingerprint density at radius 2 is 2.25 bits per heavy atom. The van der Waals surface area contributed by atoms with E-state index in [0.717, 1.165) is 0 Å². The number of methoxy groups -OCH3 is 1. The second-order valence-corrected chi connectivity index (χ2v) is 2.56. The molecular formula is C8H7ClN2O. The van der Waals surface area contributed by atoms with Crippen LogP contribution >= 0.6 is 11.6 Å². The Morgan fingerprint density at radius 3 is 2.75 bits per heavy atom. The van der Waals surface area contributed by atoms with Crippen molar-refractivity contribution in [2.75, 3.05) is 12.8 Å². The minimum atomic E-state index is 0.285. The predicted octanol–water partition coefficient (Wildman–Crippen LogP) is 1.80. The molecule has 0 saturated heterocycles. The van der Waals surface area contributed by atoms with Gasteiger partial charge in [0.05, 0.1) is 23.4 Å². The van der Waals surface area contributed by atoms with E-state index in [4.69, 9.17) is 27.3 Å². The molecule has 0 bridgehead atoms. The van der Waals surface area contributed by atoms with Crippen LogP contribution in [-0.4, -0.2) is 7.11 Å². The van der Waals surface area contributed by atoms with Crippen LogP contribution in [0.5, 0.6) is 5.75 Å². The summed E-state index contributed by atoms with van der Waals surface area (Å²) < 4.78 is 4.91. The summed E-state index contributed by atoms with van der Waals surface area (Å²) in [5, 5.41) is 9.01. The molecule has 1 aromatic rings. The number of nitrogen functional groups attached to an aromatic ring is 1. The van der Waals surface area contributed by atoms with Gasteiger partial charge in [0.25, 0.3) is 0 Å². The van der Waals surface area contributed by atoms with Gasteiger partial charge in [0.2, 0.25) is 0 Å². The first-order valence-corrected chi connectivity index (χ1v) is 3.60. The number of rotatable bonds is 1. The van der Waals surface area contributed by atoms with Crippen LogP contribution in [0.3, 0.4) is 0 Å². The molecule has 2 N–H and O–H groups in total. The van der Waals surface area contributed by atoms with Crippen molar-refractivity contribution in [3.05, 3.63) is 22.7 Å². The van der Waals surface area contributed by atoms with Gasteiger partial charge in [0.1, 0.15) is 6.07 Å². The van der Waals surface area contributed by atoms with Crippen LogP contribution in [-0.2, 0) is 0 Å². The second kappa shape index (κ2) is 3.33. The molecule has 0 radical (unpaired) electrons. The molecule has 62 valence electrons. The summed E-state index contributed by atoms with van der Waals surface area (Å²) in [5.41, 5.74) is 6.23. The molecule has 0 atom stereocenters. The maximum atomic E-state index is 8.60. The van der Waals surface area contributed by atoms with Gasteiger partial charge in [-0.05, 0) is 12.1 Å². The number of anilines is 1. The zero-order chi connectivity index (χ0) is 9.14. The van der Waals surface area contributed by atoms with E-state index >= 15 is 0 Å². The van der Waals surface area contributed by atoms with Crippen LogP contribution in [0, 0.1) is 11.3 Å². The van der Waals surface area contributed by atoms with Crippen molar-refractivity contribution in [3.63, 3.8) is 0 Å². The van der Waals surface area contributed by atoms with E-state index in [1.54, 1.807) is 12.1 Å². The van der Waals surface area contributed by atoms with Gasteiger partial charge in [0, 0.05) is 0 Å². The first-order valence-electron chi connectivity index (χ1n) is 3.22. The summed E-state index contributed by atoms with van der Waals surface area (Å²) in [6.45, 7) is 0. The van der Waals surface area contributed by atoms with E-state index in [1.165, 1.54) is 7.11 Å². The van der Waals surface area contributed by atoms with Crippen LogP contribution in [0.4, 0.5) is 5.69 Å². The molecule has 0 saturated carbocycles. The van der Waals surface area contributed by atoms with Gasteiger partial charge in [-0.1, -0.05) is 11.6 Å². The summed E-state index contributed by atoms with van der Waals surface area (Å²) in [7, 11) is 1.46. The lowest BCUT2D eigenvalue weighted by Crippen LogP contribution is -1.96. The van der Waals surface area contributed by atoms with Gasteiger partial charge in [-0.15, -0.1) is 0 Å². The zero-order valence-electron chi connectivity index (χ0n) is 6.47. The molecule has 0 aromatic heterocycles. The Balaban J connectivity index is 3.36. The fourth-order valence-electron chi connectivity index (χ4n) is 0.878. The lowest BCUT2D eigenvalue weighted by molar-refractivity contribution is 0.417. The summed E-state index contributed by atoms with van der Waals surface area (Å²) in [6, 6.07) is 5.07. The zero-order valence-corrected chi connectivity index (χ0v) is 7.22. The molecule has 1 aromatic carbocycles. The molecule has 0 spiro atoms. The summed E-state index contributed by atoms with van der Waals surface area (Å²) in [5.74, 6) is 0.357. The number of hydrogen-bond acceptors (Lipinski definition) is 3. The molecular weight excluding hydrogens is 176 g/mol. The van der Waals surface area contributed by atoms with E-state index in [1.807, 2.05) is 6.07 Å². The minimum absolute atomic E-state index is 0.285. The van der Waals surface area contributed by atoms with Crippen LogP contribution in [0.2, 0.25) is 5.02 Å². The first-order chi connectivity index (χ1) is 5.70. The van der Waals surface area contributed by atoms with Crippen LogP contribution in [0.25, 0.3) is 0 Å².